The van der Waals surface area contributed by atoms with Crippen molar-refractivity contribution in [3.8, 4) is 0 Å². The van der Waals surface area contributed by atoms with Crippen LogP contribution in [0.25, 0.3) is 0 Å². The van der Waals surface area contributed by atoms with Crippen LogP contribution in [-0.2, 0) is 16.0 Å². The number of carbonyl (C=O) groups excluding carboxylic acids is 2. The number of hydrogen-bond donors (Lipinski definition) is 1. The normalized spacial score (nSPS) is 10.1. The summed E-state index contributed by atoms with van der Waals surface area (Å²) in [7, 11) is 3.35. The fourth-order valence-electron chi connectivity index (χ4n) is 1.65. The zero-order chi connectivity index (χ0) is 14.4. The molecule has 2 N–H and O–H groups in total. The predicted molar refractivity (Wildman–Crippen MR) is 75.5 cm³/mol. The Labute approximate surface area is 114 Å². The predicted octanol–water partition coefficient (Wildman–Crippen LogP) is 0.748. The third-order valence-corrected chi connectivity index (χ3v) is 2.96. The molecule has 104 valence electrons. The Morgan fingerprint density at radius 2 is 1.79 bits per heavy atom. The van der Waals surface area contributed by atoms with Gasteiger partial charge < -0.3 is 15.5 Å². The molecule has 0 radical (unpaired) electrons. The van der Waals surface area contributed by atoms with Crippen LogP contribution in [0, 0.1) is 0 Å². The number of rotatable bonds is 5. The molecule has 1 aromatic rings. The molecule has 0 aliphatic rings. The van der Waals surface area contributed by atoms with Crippen molar-refractivity contribution in [1.82, 2.24) is 9.80 Å². The van der Waals surface area contributed by atoms with Crippen LogP contribution >= 0.6 is 0 Å². The molecule has 0 saturated carbocycles. The molecule has 1 aromatic carbocycles. The molecule has 1 rings (SSSR count). The number of carbonyl (C=O) groups is 2. The highest BCUT2D eigenvalue weighted by atomic mass is 16.2. The Morgan fingerprint density at radius 1 is 1.16 bits per heavy atom. The Balaban J connectivity index is 2.70. The van der Waals surface area contributed by atoms with E-state index in [0.717, 1.165) is 5.56 Å². The van der Waals surface area contributed by atoms with Gasteiger partial charge >= 0.3 is 0 Å². The second kappa shape index (κ2) is 6.78. The summed E-state index contributed by atoms with van der Waals surface area (Å²) in [4.78, 5) is 26.8. The van der Waals surface area contributed by atoms with E-state index < -0.39 is 0 Å². The Hall–Kier alpha value is -2.04. The number of hydrogen-bond acceptors (Lipinski definition) is 3. The summed E-state index contributed by atoms with van der Waals surface area (Å²) in [6, 6.07) is 7.27. The lowest BCUT2D eigenvalue weighted by atomic mass is 10.1. The SMILES string of the molecule is CCN(CC(=O)N(C)C)C(=O)Cc1ccccc1N. The maximum atomic E-state index is 12.2. The summed E-state index contributed by atoms with van der Waals surface area (Å²) in [6.45, 7) is 2.47. The molecule has 0 aromatic heterocycles. The van der Waals surface area contributed by atoms with Gasteiger partial charge in [0.1, 0.15) is 0 Å². The maximum Gasteiger partial charge on any atom is 0.241 e. The van der Waals surface area contributed by atoms with Crippen molar-refractivity contribution in [2.45, 2.75) is 13.3 Å². The smallest absolute Gasteiger partial charge is 0.241 e. The molecule has 0 aliphatic carbocycles. The first-order valence-electron chi connectivity index (χ1n) is 6.27. The van der Waals surface area contributed by atoms with E-state index in [4.69, 9.17) is 5.73 Å². The van der Waals surface area contributed by atoms with Crippen LogP contribution in [0.2, 0.25) is 0 Å². The van der Waals surface area contributed by atoms with E-state index in [1.54, 1.807) is 20.2 Å². The number of benzene rings is 1. The van der Waals surface area contributed by atoms with Gasteiger partial charge in [0.25, 0.3) is 0 Å². The van der Waals surface area contributed by atoms with Crippen molar-refractivity contribution in [1.29, 1.82) is 0 Å². The zero-order valence-electron chi connectivity index (χ0n) is 11.7. The van der Waals surface area contributed by atoms with E-state index in [0.29, 0.717) is 12.2 Å². The van der Waals surface area contributed by atoms with E-state index in [1.165, 1.54) is 9.80 Å². The number of anilines is 1. The first kappa shape index (κ1) is 15.0. The molecular formula is C14H21N3O2. The molecule has 0 spiro atoms. The van der Waals surface area contributed by atoms with Gasteiger partial charge in [0.05, 0.1) is 13.0 Å². The summed E-state index contributed by atoms with van der Waals surface area (Å²) >= 11 is 0. The van der Waals surface area contributed by atoms with Gasteiger partial charge in [0, 0.05) is 26.3 Å². The first-order valence-corrected chi connectivity index (χ1v) is 6.27. The summed E-state index contributed by atoms with van der Waals surface area (Å²) in [5.74, 6) is -0.174. The quantitative estimate of drug-likeness (QED) is 0.797. The second-order valence-corrected chi connectivity index (χ2v) is 4.57. The number of nitrogens with zero attached hydrogens (tertiary/aromatic N) is 2. The highest BCUT2D eigenvalue weighted by Crippen LogP contribution is 2.12. The molecule has 0 aliphatic heterocycles. The van der Waals surface area contributed by atoms with Crippen molar-refractivity contribution in [3.05, 3.63) is 29.8 Å². The van der Waals surface area contributed by atoms with Crippen LogP contribution < -0.4 is 5.73 Å². The molecule has 2 amide bonds. The van der Waals surface area contributed by atoms with Gasteiger partial charge in [-0.1, -0.05) is 18.2 Å². The van der Waals surface area contributed by atoms with Crippen molar-refractivity contribution in [3.63, 3.8) is 0 Å². The molecular weight excluding hydrogens is 242 g/mol. The zero-order valence-corrected chi connectivity index (χ0v) is 11.7. The van der Waals surface area contributed by atoms with Crippen LogP contribution in [0.3, 0.4) is 0 Å². The van der Waals surface area contributed by atoms with Crippen molar-refractivity contribution < 1.29 is 9.59 Å². The Morgan fingerprint density at radius 3 is 2.32 bits per heavy atom. The van der Waals surface area contributed by atoms with Gasteiger partial charge in [-0.15, -0.1) is 0 Å². The number of para-hydroxylation sites is 1. The van der Waals surface area contributed by atoms with Gasteiger partial charge in [-0.05, 0) is 18.6 Å². The summed E-state index contributed by atoms with van der Waals surface area (Å²) in [5, 5.41) is 0. The van der Waals surface area contributed by atoms with Crippen LogP contribution in [0.15, 0.2) is 24.3 Å². The fourth-order valence-corrected chi connectivity index (χ4v) is 1.65. The van der Waals surface area contributed by atoms with Crippen molar-refractivity contribution in [2.24, 2.45) is 0 Å². The first-order chi connectivity index (χ1) is 8.95. The summed E-state index contributed by atoms with van der Waals surface area (Å²) in [5.41, 5.74) is 7.21. The average molecular weight is 263 g/mol. The van der Waals surface area contributed by atoms with Gasteiger partial charge in [0.15, 0.2) is 0 Å². The van der Waals surface area contributed by atoms with E-state index in [-0.39, 0.29) is 24.8 Å². The molecule has 0 unspecified atom stereocenters. The molecule has 19 heavy (non-hydrogen) atoms. The topological polar surface area (TPSA) is 66.6 Å². The highest BCUT2D eigenvalue weighted by molar-refractivity contribution is 5.86. The van der Waals surface area contributed by atoms with Gasteiger partial charge in [-0.2, -0.15) is 0 Å². The number of likely N-dealkylation sites (N-methyl/N-ethyl adjacent to an activating group) is 2. The molecule has 0 saturated heterocycles. The lowest BCUT2D eigenvalue weighted by molar-refractivity contribution is -0.138. The third-order valence-electron chi connectivity index (χ3n) is 2.96. The highest BCUT2D eigenvalue weighted by Gasteiger charge is 2.17. The monoisotopic (exact) mass is 263 g/mol. The number of nitrogen functional groups attached to an aromatic ring is 1. The van der Waals surface area contributed by atoms with Gasteiger partial charge in [-0.25, -0.2) is 0 Å². The minimum atomic E-state index is -0.0874. The van der Waals surface area contributed by atoms with E-state index in [2.05, 4.69) is 0 Å². The van der Waals surface area contributed by atoms with Crippen LogP contribution in [0.1, 0.15) is 12.5 Å². The third kappa shape index (κ3) is 4.28. The van der Waals surface area contributed by atoms with E-state index >= 15 is 0 Å². The minimum absolute atomic E-state index is 0.0868. The molecule has 0 atom stereocenters. The maximum absolute atomic E-state index is 12.2. The minimum Gasteiger partial charge on any atom is -0.398 e. The Kier molecular flexibility index (Phi) is 5.36. The summed E-state index contributed by atoms with van der Waals surface area (Å²) < 4.78 is 0. The molecule has 0 bridgehead atoms. The fraction of sp³-hybridized carbons (Fsp3) is 0.429. The van der Waals surface area contributed by atoms with Gasteiger partial charge in [0.2, 0.25) is 11.8 Å². The second-order valence-electron chi connectivity index (χ2n) is 4.57. The largest absolute Gasteiger partial charge is 0.398 e. The molecule has 5 heteroatoms. The van der Waals surface area contributed by atoms with E-state index in [1.807, 2.05) is 25.1 Å². The average Bonchev–Trinajstić information content (AvgIpc) is 2.38. The van der Waals surface area contributed by atoms with E-state index in [9.17, 15) is 9.59 Å². The molecule has 0 fully saturated rings. The van der Waals surface area contributed by atoms with Crippen molar-refractivity contribution in [2.75, 3.05) is 32.9 Å². The van der Waals surface area contributed by atoms with Gasteiger partial charge in [-0.3, -0.25) is 9.59 Å². The number of amides is 2. The van der Waals surface area contributed by atoms with Crippen molar-refractivity contribution >= 4 is 17.5 Å². The lowest BCUT2D eigenvalue weighted by Crippen LogP contribution is -2.40. The Bertz CT molecular complexity index is 458. The van der Waals surface area contributed by atoms with Crippen LogP contribution in [0.4, 0.5) is 5.69 Å². The van der Waals surface area contributed by atoms with Crippen LogP contribution in [0.5, 0.6) is 0 Å². The lowest BCUT2D eigenvalue weighted by Gasteiger charge is -2.22. The molecule has 0 heterocycles. The standard InChI is InChI=1S/C14H21N3O2/c1-4-17(10-14(19)16(2)3)13(18)9-11-7-5-6-8-12(11)15/h5-8H,4,9-10,15H2,1-3H3. The van der Waals surface area contributed by atoms with Crippen LogP contribution in [-0.4, -0.2) is 48.8 Å². The number of nitrogens with two attached hydrogens (primary N) is 1. The summed E-state index contributed by atoms with van der Waals surface area (Å²) in [6.07, 6.45) is 0.223. The molecule has 5 nitrogen and oxygen atoms in total.